The van der Waals surface area contributed by atoms with Gasteiger partial charge in [0.2, 0.25) is 11.8 Å². The number of para-hydroxylation sites is 1. The molecule has 35 heavy (non-hydrogen) atoms. The molecule has 1 aliphatic heterocycles. The van der Waals surface area contributed by atoms with Crippen molar-refractivity contribution in [2.45, 2.75) is 25.2 Å². The number of carbonyl (C=O) groups excluding carboxylic acids is 4. The zero-order chi connectivity index (χ0) is 24.5. The van der Waals surface area contributed by atoms with E-state index in [1.54, 1.807) is 31.2 Å². The molecule has 0 N–H and O–H groups in total. The number of imide groups is 1. The molecule has 1 saturated heterocycles. The topological polar surface area (TPSA) is 80.8 Å². The molecule has 2 bridgehead atoms. The smallest absolute Gasteiger partial charge is 0.340 e. The standard InChI is InChI=1S/C29H23NO5/c1-3-35-28(34)19-12-6-9-15-22(19)30-26(32)24-23-17-10-4-7-13-20(17)29(16(2)31,25(24)27(30)33)21-14-8-5-11-18(21)23/h4-15,23-25H,3H2,1-2H3/t23?,24-,25+,29?/m1/s1. The van der Waals surface area contributed by atoms with Crippen molar-refractivity contribution in [2.75, 3.05) is 11.5 Å². The molecule has 0 aromatic heterocycles. The minimum atomic E-state index is -1.27. The van der Waals surface area contributed by atoms with E-state index in [0.717, 1.165) is 27.2 Å². The first-order valence-electron chi connectivity index (χ1n) is 11.8. The predicted octanol–water partition coefficient (Wildman–Crippen LogP) is 4.00. The van der Waals surface area contributed by atoms with Crippen molar-refractivity contribution in [3.8, 4) is 0 Å². The lowest BCUT2D eigenvalue weighted by Gasteiger charge is -2.52. The van der Waals surface area contributed by atoms with Gasteiger partial charge < -0.3 is 4.74 Å². The zero-order valence-electron chi connectivity index (χ0n) is 19.4. The number of benzene rings is 3. The summed E-state index contributed by atoms with van der Waals surface area (Å²) in [5.74, 6) is -3.62. The Hall–Kier alpha value is -4.06. The average molecular weight is 466 g/mol. The molecule has 3 aromatic carbocycles. The van der Waals surface area contributed by atoms with Crippen molar-refractivity contribution < 1.29 is 23.9 Å². The third kappa shape index (κ3) is 2.54. The van der Waals surface area contributed by atoms with Gasteiger partial charge in [-0.1, -0.05) is 60.7 Å². The molecule has 6 nitrogen and oxygen atoms in total. The second kappa shape index (κ2) is 7.47. The highest BCUT2D eigenvalue weighted by molar-refractivity contribution is 6.27. The summed E-state index contributed by atoms with van der Waals surface area (Å²) in [6.45, 7) is 3.37. The Balaban J connectivity index is 1.62. The van der Waals surface area contributed by atoms with Gasteiger partial charge in [-0.25, -0.2) is 9.69 Å². The van der Waals surface area contributed by atoms with Gasteiger partial charge in [-0.05, 0) is 48.2 Å². The number of anilines is 1. The first-order chi connectivity index (χ1) is 16.9. The van der Waals surface area contributed by atoms with E-state index in [9.17, 15) is 19.2 Å². The van der Waals surface area contributed by atoms with Gasteiger partial charge in [-0.2, -0.15) is 0 Å². The Morgan fingerprint density at radius 2 is 1.43 bits per heavy atom. The quantitative estimate of drug-likeness (QED) is 0.430. The van der Waals surface area contributed by atoms with E-state index >= 15 is 0 Å². The maximum atomic E-state index is 14.2. The molecule has 2 amide bonds. The zero-order valence-corrected chi connectivity index (χ0v) is 19.4. The Labute approximate surface area is 202 Å². The minimum Gasteiger partial charge on any atom is -0.462 e. The van der Waals surface area contributed by atoms with Crippen molar-refractivity contribution in [2.24, 2.45) is 11.8 Å². The molecular formula is C29H23NO5. The van der Waals surface area contributed by atoms with Gasteiger partial charge in [0.25, 0.3) is 0 Å². The lowest BCUT2D eigenvalue weighted by molar-refractivity contribution is -0.132. The van der Waals surface area contributed by atoms with Gasteiger partial charge in [-0.15, -0.1) is 0 Å². The van der Waals surface area contributed by atoms with Gasteiger partial charge in [0, 0.05) is 5.92 Å². The fourth-order valence-electron chi connectivity index (χ4n) is 6.66. The molecule has 0 saturated carbocycles. The van der Waals surface area contributed by atoms with E-state index in [1.165, 1.54) is 6.92 Å². The van der Waals surface area contributed by atoms with Crippen molar-refractivity contribution in [3.05, 3.63) is 101 Å². The number of ketones is 1. The summed E-state index contributed by atoms with van der Waals surface area (Å²) in [5.41, 5.74) is 2.47. The molecule has 0 spiro atoms. The Morgan fingerprint density at radius 1 is 0.857 bits per heavy atom. The van der Waals surface area contributed by atoms with E-state index < -0.39 is 35.0 Å². The summed E-state index contributed by atoms with van der Waals surface area (Å²) in [6.07, 6.45) is 0. The fourth-order valence-corrected chi connectivity index (χ4v) is 6.66. The van der Waals surface area contributed by atoms with E-state index in [2.05, 4.69) is 0 Å². The van der Waals surface area contributed by atoms with E-state index in [4.69, 9.17) is 4.74 Å². The molecule has 4 aliphatic rings. The fraction of sp³-hybridized carbons (Fsp3) is 0.241. The Kier molecular flexibility index (Phi) is 4.58. The molecule has 3 aromatic rings. The van der Waals surface area contributed by atoms with Gasteiger partial charge in [0.05, 0.1) is 35.1 Å². The van der Waals surface area contributed by atoms with Crippen LogP contribution in [0.25, 0.3) is 0 Å². The van der Waals surface area contributed by atoms with Crippen LogP contribution < -0.4 is 4.90 Å². The van der Waals surface area contributed by atoms with Gasteiger partial charge >= 0.3 is 5.97 Å². The molecule has 0 radical (unpaired) electrons. The highest BCUT2D eigenvalue weighted by Gasteiger charge is 2.70. The first-order valence-corrected chi connectivity index (χ1v) is 11.8. The molecule has 1 fully saturated rings. The Morgan fingerprint density at radius 3 is 2.03 bits per heavy atom. The molecule has 174 valence electrons. The maximum absolute atomic E-state index is 14.2. The van der Waals surface area contributed by atoms with E-state index in [-0.39, 0.29) is 29.6 Å². The summed E-state index contributed by atoms with van der Waals surface area (Å²) in [4.78, 5) is 55.8. The van der Waals surface area contributed by atoms with Crippen molar-refractivity contribution in [1.29, 1.82) is 0 Å². The van der Waals surface area contributed by atoms with Crippen LogP contribution in [0.15, 0.2) is 72.8 Å². The van der Waals surface area contributed by atoms with Crippen LogP contribution in [0.1, 0.15) is 52.4 Å². The molecule has 7 rings (SSSR count). The van der Waals surface area contributed by atoms with E-state index in [0.29, 0.717) is 0 Å². The number of hydrogen-bond acceptors (Lipinski definition) is 5. The third-order valence-corrected chi connectivity index (χ3v) is 7.81. The summed E-state index contributed by atoms with van der Waals surface area (Å²) in [5, 5.41) is 0. The molecular weight excluding hydrogens is 442 g/mol. The van der Waals surface area contributed by atoms with Crippen LogP contribution >= 0.6 is 0 Å². The number of rotatable bonds is 4. The molecule has 1 heterocycles. The first kappa shape index (κ1) is 21.5. The highest BCUT2D eigenvalue weighted by atomic mass is 16.5. The van der Waals surface area contributed by atoms with Crippen LogP contribution in [-0.4, -0.2) is 30.2 Å². The third-order valence-electron chi connectivity index (χ3n) is 7.81. The molecule has 6 heteroatoms. The second-order valence-corrected chi connectivity index (χ2v) is 9.27. The van der Waals surface area contributed by atoms with Crippen molar-refractivity contribution >= 4 is 29.3 Å². The predicted molar refractivity (Wildman–Crippen MR) is 128 cm³/mol. The van der Waals surface area contributed by atoms with Crippen LogP contribution in [0.2, 0.25) is 0 Å². The lowest BCUT2D eigenvalue weighted by Crippen LogP contribution is -2.57. The second-order valence-electron chi connectivity index (χ2n) is 9.27. The normalized spacial score (nSPS) is 25.7. The number of carbonyl (C=O) groups is 4. The average Bonchev–Trinajstić information content (AvgIpc) is 3.14. The summed E-state index contributed by atoms with van der Waals surface area (Å²) in [7, 11) is 0. The summed E-state index contributed by atoms with van der Waals surface area (Å²) < 4.78 is 5.19. The minimum absolute atomic E-state index is 0.147. The Bertz CT molecular complexity index is 1390. The number of amides is 2. The van der Waals surface area contributed by atoms with Crippen LogP contribution in [0, 0.1) is 11.8 Å². The largest absolute Gasteiger partial charge is 0.462 e. The number of ether oxygens (including phenoxy) is 1. The molecule has 0 unspecified atom stereocenters. The van der Waals surface area contributed by atoms with Gasteiger partial charge in [0.1, 0.15) is 5.78 Å². The summed E-state index contributed by atoms with van der Waals surface area (Å²) in [6, 6.07) is 21.8. The molecule has 3 aliphatic carbocycles. The van der Waals surface area contributed by atoms with E-state index in [1.807, 2.05) is 48.5 Å². The number of nitrogens with zero attached hydrogens (tertiary/aromatic N) is 1. The number of esters is 1. The highest BCUT2D eigenvalue weighted by Crippen LogP contribution is 2.64. The van der Waals surface area contributed by atoms with Gasteiger partial charge in [-0.3, -0.25) is 14.4 Å². The van der Waals surface area contributed by atoms with Crippen molar-refractivity contribution in [3.63, 3.8) is 0 Å². The van der Waals surface area contributed by atoms with Crippen molar-refractivity contribution in [1.82, 2.24) is 0 Å². The lowest BCUT2D eigenvalue weighted by atomic mass is 9.46. The summed E-state index contributed by atoms with van der Waals surface area (Å²) >= 11 is 0. The van der Waals surface area contributed by atoms with Crippen LogP contribution in [0.5, 0.6) is 0 Å². The van der Waals surface area contributed by atoms with Gasteiger partial charge in [0.15, 0.2) is 0 Å². The number of Topliss-reactive ketones (excluding diaryl/α,β-unsaturated/α-hetero) is 1. The monoisotopic (exact) mass is 465 g/mol. The van der Waals surface area contributed by atoms with Crippen LogP contribution in [-0.2, 0) is 24.5 Å². The SMILES string of the molecule is CCOC(=O)c1ccccc1N1C(=O)[C@@H]2C3c4ccccc4C(C(C)=O)(c4ccccc43)[C@@H]2C1=O. The number of hydrogen-bond donors (Lipinski definition) is 0. The van der Waals surface area contributed by atoms with Crippen LogP contribution in [0.3, 0.4) is 0 Å². The molecule has 2 atom stereocenters. The van der Waals surface area contributed by atoms with Crippen LogP contribution in [0.4, 0.5) is 5.69 Å². The maximum Gasteiger partial charge on any atom is 0.340 e.